The Morgan fingerprint density at radius 2 is 2.07 bits per heavy atom. The number of hydrogen-bond acceptors (Lipinski definition) is 4. The Kier molecular flexibility index (Phi) is 3.11. The largest absolute Gasteiger partial charge is 0.464 e. The fourth-order valence-corrected chi connectivity index (χ4v) is 2.53. The molecule has 0 aliphatic carbocycles. The number of hydrogen-bond donors (Lipinski definition) is 0. The Morgan fingerprint density at radius 1 is 1.53 bits per heavy atom. The summed E-state index contributed by atoms with van der Waals surface area (Å²) in [5, 5.41) is -0.123. The number of methoxy groups -OCH3 is 1. The smallest absolute Gasteiger partial charge is 0.354 e. The summed E-state index contributed by atoms with van der Waals surface area (Å²) < 4.78 is 28.0. The van der Waals surface area contributed by atoms with E-state index in [1.165, 1.54) is 24.8 Å². The molecule has 0 fully saturated rings. The molecule has 5 nitrogen and oxygen atoms in total. The molecule has 0 radical (unpaired) electrons. The van der Waals surface area contributed by atoms with Gasteiger partial charge in [0.05, 0.1) is 7.11 Å². The fraction of sp³-hybridized carbons (Fsp3) is 0.375. The molecule has 0 bridgehead atoms. The van der Waals surface area contributed by atoms with Crippen molar-refractivity contribution in [2.24, 2.45) is 7.05 Å². The summed E-state index contributed by atoms with van der Waals surface area (Å²) in [5.41, 5.74) is 0.681. The minimum absolute atomic E-state index is 0.123. The maximum Gasteiger partial charge on any atom is 0.354 e. The van der Waals surface area contributed by atoms with E-state index in [1.807, 2.05) is 0 Å². The Balaban J connectivity index is 3.47. The van der Waals surface area contributed by atoms with Gasteiger partial charge in [0.25, 0.3) is 9.05 Å². The lowest BCUT2D eigenvalue weighted by Gasteiger charge is -2.04. The van der Waals surface area contributed by atoms with Crippen molar-refractivity contribution in [3.8, 4) is 0 Å². The van der Waals surface area contributed by atoms with E-state index in [1.54, 1.807) is 6.92 Å². The maximum absolute atomic E-state index is 11.3. The topological polar surface area (TPSA) is 65.4 Å². The number of carbonyl (C=O) groups is 1. The van der Waals surface area contributed by atoms with E-state index in [4.69, 9.17) is 10.7 Å². The third-order valence-corrected chi connectivity index (χ3v) is 3.37. The third-order valence-electron chi connectivity index (χ3n) is 2.01. The minimum atomic E-state index is -3.85. The molecule has 0 amide bonds. The van der Waals surface area contributed by atoms with Crippen LogP contribution in [0.3, 0.4) is 0 Å². The van der Waals surface area contributed by atoms with Gasteiger partial charge in [-0.3, -0.25) is 0 Å². The zero-order valence-electron chi connectivity index (χ0n) is 8.44. The first-order valence-electron chi connectivity index (χ1n) is 3.98. The summed E-state index contributed by atoms with van der Waals surface area (Å²) in [6, 6.07) is 1.33. The fourth-order valence-electron chi connectivity index (χ4n) is 1.35. The van der Waals surface area contributed by atoms with E-state index in [9.17, 15) is 13.2 Å². The molecular formula is C8H10ClNO4S. The van der Waals surface area contributed by atoms with Crippen LogP contribution in [0.5, 0.6) is 0 Å². The first-order valence-corrected chi connectivity index (χ1v) is 6.29. The van der Waals surface area contributed by atoms with Gasteiger partial charge in [-0.25, -0.2) is 13.2 Å². The Labute approximate surface area is 92.0 Å². The van der Waals surface area contributed by atoms with Crippen LogP contribution in [-0.4, -0.2) is 26.1 Å². The molecule has 0 aliphatic rings. The van der Waals surface area contributed by atoms with Gasteiger partial charge in [-0.1, -0.05) is 0 Å². The molecule has 1 aromatic rings. The van der Waals surface area contributed by atoms with Gasteiger partial charge in [0.1, 0.15) is 5.69 Å². The van der Waals surface area contributed by atoms with E-state index in [0.29, 0.717) is 5.56 Å². The first-order chi connectivity index (χ1) is 6.79. The lowest BCUT2D eigenvalue weighted by Crippen LogP contribution is -2.11. The highest BCUT2D eigenvalue weighted by Gasteiger charge is 2.23. The summed E-state index contributed by atoms with van der Waals surface area (Å²) in [6.45, 7) is 1.61. The van der Waals surface area contributed by atoms with Crippen molar-refractivity contribution < 1.29 is 17.9 Å². The number of carbonyl (C=O) groups excluding carboxylic acids is 1. The van der Waals surface area contributed by atoms with Crippen molar-refractivity contribution in [3.63, 3.8) is 0 Å². The number of halogens is 1. The van der Waals surface area contributed by atoms with Gasteiger partial charge in [0, 0.05) is 17.7 Å². The van der Waals surface area contributed by atoms with Crippen LogP contribution in [0.2, 0.25) is 0 Å². The van der Waals surface area contributed by atoms with E-state index in [0.717, 1.165) is 0 Å². The lowest BCUT2D eigenvalue weighted by molar-refractivity contribution is 0.0588. The number of ether oxygens (including phenoxy) is 1. The Hall–Kier alpha value is -1.01. The zero-order chi connectivity index (χ0) is 11.8. The maximum atomic E-state index is 11.3. The minimum Gasteiger partial charge on any atom is -0.464 e. The molecule has 0 aromatic carbocycles. The Bertz CT molecular complexity index is 503. The summed E-state index contributed by atoms with van der Waals surface area (Å²) in [4.78, 5) is 11.3. The number of esters is 1. The molecule has 84 valence electrons. The summed E-state index contributed by atoms with van der Waals surface area (Å²) >= 11 is 0. The lowest BCUT2D eigenvalue weighted by atomic mass is 10.3. The second-order valence-corrected chi connectivity index (χ2v) is 5.52. The van der Waals surface area contributed by atoms with Crippen LogP contribution in [-0.2, 0) is 20.8 Å². The molecule has 0 unspecified atom stereocenters. The highest BCUT2D eigenvalue weighted by Crippen LogP contribution is 2.21. The molecule has 1 rings (SSSR count). The number of aryl methyl sites for hydroxylation is 1. The molecule has 1 heterocycles. The van der Waals surface area contributed by atoms with Gasteiger partial charge in [-0.2, -0.15) is 0 Å². The van der Waals surface area contributed by atoms with Gasteiger partial charge in [0.15, 0.2) is 5.03 Å². The number of aromatic nitrogens is 1. The normalized spacial score (nSPS) is 11.5. The summed E-state index contributed by atoms with van der Waals surface area (Å²) in [7, 11) is 4.01. The van der Waals surface area contributed by atoms with Crippen molar-refractivity contribution in [2.75, 3.05) is 7.11 Å². The molecule has 1 aromatic heterocycles. The van der Waals surface area contributed by atoms with Crippen LogP contribution >= 0.6 is 10.7 Å². The van der Waals surface area contributed by atoms with Gasteiger partial charge in [0.2, 0.25) is 0 Å². The van der Waals surface area contributed by atoms with Crippen molar-refractivity contribution in [1.82, 2.24) is 4.57 Å². The van der Waals surface area contributed by atoms with E-state index >= 15 is 0 Å². The number of rotatable bonds is 2. The van der Waals surface area contributed by atoms with Crippen molar-refractivity contribution >= 4 is 25.7 Å². The molecule has 0 aliphatic heterocycles. The second-order valence-electron chi connectivity index (χ2n) is 3.00. The van der Waals surface area contributed by atoms with Crippen molar-refractivity contribution in [2.45, 2.75) is 11.9 Å². The summed E-state index contributed by atoms with van der Waals surface area (Å²) in [5.74, 6) is -0.596. The van der Waals surface area contributed by atoms with Crippen LogP contribution in [0.15, 0.2) is 11.1 Å². The highest BCUT2D eigenvalue weighted by molar-refractivity contribution is 8.13. The zero-order valence-corrected chi connectivity index (χ0v) is 10.0. The molecular weight excluding hydrogens is 242 g/mol. The highest BCUT2D eigenvalue weighted by atomic mass is 35.7. The third kappa shape index (κ3) is 2.15. The van der Waals surface area contributed by atoms with Crippen LogP contribution in [0.25, 0.3) is 0 Å². The predicted molar refractivity (Wildman–Crippen MR) is 54.5 cm³/mol. The van der Waals surface area contributed by atoms with Gasteiger partial charge in [-0.05, 0) is 18.6 Å². The molecule has 0 atom stereocenters. The van der Waals surface area contributed by atoms with Crippen molar-refractivity contribution in [3.05, 3.63) is 17.3 Å². The molecule has 0 saturated carbocycles. The average molecular weight is 252 g/mol. The molecule has 7 heteroatoms. The van der Waals surface area contributed by atoms with Crippen LogP contribution in [0, 0.1) is 6.92 Å². The molecule has 0 saturated heterocycles. The van der Waals surface area contributed by atoms with Gasteiger partial charge < -0.3 is 9.30 Å². The molecule has 0 N–H and O–H groups in total. The van der Waals surface area contributed by atoms with E-state index in [2.05, 4.69) is 4.74 Å². The predicted octanol–water partition coefficient (Wildman–Crippen LogP) is 1.05. The van der Waals surface area contributed by atoms with Crippen LogP contribution in [0.1, 0.15) is 16.1 Å². The standard InChI is InChI=1S/C8H10ClNO4S/c1-5-4-6(15(9,12)13)10(2)7(5)8(11)14-3/h4H,1-3H3. The van der Waals surface area contributed by atoms with E-state index < -0.39 is 15.0 Å². The average Bonchev–Trinajstić information content (AvgIpc) is 2.40. The quantitative estimate of drug-likeness (QED) is 0.582. The molecule has 15 heavy (non-hydrogen) atoms. The monoisotopic (exact) mass is 251 g/mol. The van der Waals surface area contributed by atoms with Crippen LogP contribution < -0.4 is 0 Å². The molecule has 0 spiro atoms. The number of nitrogens with zero attached hydrogens (tertiary/aromatic N) is 1. The van der Waals surface area contributed by atoms with Gasteiger partial charge >= 0.3 is 5.97 Å². The first kappa shape index (κ1) is 12.1. The second kappa shape index (κ2) is 3.86. The van der Waals surface area contributed by atoms with Crippen molar-refractivity contribution in [1.29, 1.82) is 0 Å². The van der Waals surface area contributed by atoms with Gasteiger partial charge in [-0.15, -0.1) is 0 Å². The van der Waals surface area contributed by atoms with Crippen LogP contribution in [0.4, 0.5) is 0 Å². The SMILES string of the molecule is COC(=O)c1c(C)cc(S(=O)(=O)Cl)n1C. The van der Waals surface area contributed by atoms with E-state index in [-0.39, 0.29) is 10.7 Å². The summed E-state index contributed by atoms with van der Waals surface area (Å²) in [6.07, 6.45) is 0. The Morgan fingerprint density at radius 3 is 2.40 bits per heavy atom.